The number of rotatable bonds is 6. The van der Waals surface area contributed by atoms with E-state index in [1.165, 1.54) is 0 Å². The molecule has 6 heteroatoms. The van der Waals surface area contributed by atoms with Crippen LogP contribution in [0.4, 0.5) is 0 Å². The van der Waals surface area contributed by atoms with Crippen LogP contribution in [0.5, 0.6) is 5.88 Å². The number of hydrogen-bond donors (Lipinski definition) is 2. The highest BCUT2D eigenvalue weighted by Gasteiger charge is 1.97. The number of nitrogens with zero attached hydrogens (tertiary/aromatic N) is 2. The summed E-state index contributed by atoms with van der Waals surface area (Å²) in [4.78, 5) is 0. The van der Waals surface area contributed by atoms with Gasteiger partial charge in [-0.25, -0.2) is 0 Å². The van der Waals surface area contributed by atoms with Crippen molar-refractivity contribution in [1.82, 2.24) is 15.5 Å². The van der Waals surface area contributed by atoms with Gasteiger partial charge in [0.2, 0.25) is 5.88 Å². The fraction of sp³-hybridized carbons (Fsp3) is 0.556. The van der Waals surface area contributed by atoms with Crippen molar-refractivity contribution in [2.24, 2.45) is 0 Å². The SMILES string of the molecule is CC(O)CNCCOc1ccc(Cl)nn1. The van der Waals surface area contributed by atoms with E-state index in [-0.39, 0.29) is 6.10 Å². The monoisotopic (exact) mass is 231 g/mol. The van der Waals surface area contributed by atoms with E-state index in [2.05, 4.69) is 15.5 Å². The van der Waals surface area contributed by atoms with Crippen molar-refractivity contribution in [2.45, 2.75) is 13.0 Å². The van der Waals surface area contributed by atoms with Gasteiger partial charge < -0.3 is 15.2 Å². The molecule has 1 rings (SSSR count). The van der Waals surface area contributed by atoms with E-state index in [0.29, 0.717) is 30.7 Å². The van der Waals surface area contributed by atoms with E-state index in [1.807, 2.05) is 0 Å². The molecule has 0 aliphatic heterocycles. The first kappa shape index (κ1) is 12.2. The molecule has 15 heavy (non-hydrogen) atoms. The van der Waals surface area contributed by atoms with Gasteiger partial charge >= 0.3 is 0 Å². The average molecular weight is 232 g/mol. The summed E-state index contributed by atoms with van der Waals surface area (Å²) in [7, 11) is 0. The van der Waals surface area contributed by atoms with E-state index in [9.17, 15) is 0 Å². The molecule has 1 unspecified atom stereocenters. The highest BCUT2D eigenvalue weighted by Crippen LogP contribution is 2.07. The lowest BCUT2D eigenvalue weighted by Crippen LogP contribution is -2.28. The van der Waals surface area contributed by atoms with Crippen LogP contribution < -0.4 is 10.1 Å². The first-order valence-corrected chi connectivity index (χ1v) is 5.07. The van der Waals surface area contributed by atoms with Crippen molar-refractivity contribution in [3.8, 4) is 5.88 Å². The van der Waals surface area contributed by atoms with E-state index >= 15 is 0 Å². The maximum atomic E-state index is 8.96. The van der Waals surface area contributed by atoms with Gasteiger partial charge in [-0.15, -0.1) is 10.2 Å². The second kappa shape index (κ2) is 6.55. The molecule has 0 bridgehead atoms. The molecule has 1 aromatic heterocycles. The van der Waals surface area contributed by atoms with Gasteiger partial charge in [0.15, 0.2) is 5.15 Å². The Morgan fingerprint density at radius 2 is 2.33 bits per heavy atom. The zero-order valence-corrected chi connectivity index (χ0v) is 9.24. The molecule has 0 spiro atoms. The first-order valence-electron chi connectivity index (χ1n) is 4.69. The molecule has 0 saturated carbocycles. The molecule has 0 aliphatic carbocycles. The largest absolute Gasteiger partial charge is 0.475 e. The average Bonchev–Trinajstić information content (AvgIpc) is 2.20. The number of aliphatic hydroxyl groups is 1. The van der Waals surface area contributed by atoms with Gasteiger partial charge in [-0.1, -0.05) is 11.6 Å². The van der Waals surface area contributed by atoms with Gasteiger partial charge in [0.25, 0.3) is 0 Å². The molecule has 1 heterocycles. The number of aliphatic hydroxyl groups excluding tert-OH is 1. The van der Waals surface area contributed by atoms with Crippen molar-refractivity contribution < 1.29 is 9.84 Å². The van der Waals surface area contributed by atoms with E-state index in [0.717, 1.165) is 0 Å². The molecule has 2 N–H and O–H groups in total. The summed E-state index contributed by atoms with van der Waals surface area (Å²) in [6.45, 7) is 3.40. The van der Waals surface area contributed by atoms with Crippen LogP contribution in [0.15, 0.2) is 12.1 Å². The lowest BCUT2D eigenvalue weighted by atomic mass is 10.4. The van der Waals surface area contributed by atoms with Crippen LogP contribution >= 0.6 is 11.6 Å². The van der Waals surface area contributed by atoms with Crippen LogP contribution in [0.1, 0.15) is 6.92 Å². The number of aromatic nitrogens is 2. The Bertz CT molecular complexity index is 279. The van der Waals surface area contributed by atoms with Gasteiger partial charge in [-0.05, 0) is 13.0 Å². The lowest BCUT2D eigenvalue weighted by molar-refractivity contribution is 0.187. The summed E-state index contributed by atoms with van der Waals surface area (Å²) in [6, 6.07) is 3.27. The van der Waals surface area contributed by atoms with Crippen molar-refractivity contribution in [3.05, 3.63) is 17.3 Å². The summed E-state index contributed by atoms with van der Waals surface area (Å²) >= 11 is 5.56. The molecular formula is C9H14ClN3O2. The number of ether oxygens (including phenoxy) is 1. The Kier molecular flexibility index (Phi) is 5.31. The van der Waals surface area contributed by atoms with Crippen molar-refractivity contribution >= 4 is 11.6 Å². The van der Waals surface area contributed by atoms with Gasteiger partial charge in [-0.3, -0.25) is 0 Å². The molecule has 0 radical (unpaired) electrons. The van der Waals surface area contributed by atoms with Gasteiger partial charge in [0.1, 0.15) is 6.61 Å². The van der Waals surface area contributed by atoms with Crippen LogP contribution in [0.25, 0.3) is 0 Å². The molecule has 0 aromatic carbocycles. The van der Waals surface area contributed by atoms with Gasteiger partial charge in [0, 0.05) is 19.2 Å². The second-order valence-corrected chi connectivity index (χ2v) is 3.48. The number of nitrogens with one attached hydrogen (secondary N) is 1. The molecule has 0 saturated heterocycles. The molecule has 0 fully saturated rings. The summed E-state index contributed by atoms with van der Waals surface area (Å²) in [5.74, 6) is 0.443. The van der Waals surface area contributed by atoms with E-state index in [1.54, 1.807) is 19.1 Å². The third kappa shape index (κ3) is 5.51. The molecule has 5 nitrogen and oxygen atoms in total. The topological polar surface area (TPSA) is 67.3 Å². The minimum atomic E-state index is -0.347. The second-order valence-electron chi connectivity index (χ2n) is 3.10. The van der Waals surface area contributed by atoms with Crippen molar-refractivity contribution in [2.75, 3.05) is 19.7 Å². The van der Waals surface area contributed by atoms with E-state index < -0.39 is 0 Å². The van der Waals surface area contributed by atoms with Crippen molar-refractivity contribution in [1.29, 1.82) is 0 Å². The quantitative estimate of drug-likeness (QED) is 0.697. The van der Waals surface area contributed by atoms with Crippen molar-refractivity contribution in [3.63, 3.8) is 0 Å². The minimum Gasteiger partial charge on any atom is -0.475 e. The van der Waals surface area contributed by atoms with Crippen LogP contribution in [-0.4, -0.2) is 41.1 Å². The number of hydrogen-bond acceptors (Lipinski definition) is 5. The highest BCUT2D eigenvalue weighted by molar-refractivity contribution is 6.29. The Morgan fingerprint density at radius 1 is 1.53 bits per heavy atom. The first-order chi connectivity index (χ1) is 7.18. The zero-order valence-electron chi connectivity index (χ0n) is 8.48. The van der Waals surface area contributed by atoms with E-state index in [4.69, 9.17) is 21.4 Å². The van der Waals surface area contributed by atoms with Crippen LogP contribution in [0.3, 0.4) is 0 Å². The summed E-state index contributed by atoms with van der Waals surface area (Å²) in [6.07, 6.45) is -0.347. The Morgan fingerprint density at radius 3 is 2.93 bits per heavy atom. The Balaban J connectivity index is 2.12. The van der Waals surface area contributed by atoms with Crippen LogP contribution in [0.2, 0.25) is 5.15 Å². The van der Waals surface area contributed by atoms with Crippen LogP contribution in [-0.2, 0) is 0 Å². The standard InChI is InChI=1S/C9H14ClN3O2/c1-7(14)6-11-4-5-15-9-3-2-8(10)12-13-9/h2-3,7,11,14H,4-6H2,1H3. The summed E-state index contributed by atoms with van der Waals surface area (Å²) in [5.41, 5.74) is 0. The molecule has 1 atom stereocenters. The Labute approximate surface area is 93.4 Å². The summed E-state index contributed by atoms with van der Waals surface area (Å²) in [5, 5.41) is 19.7. The fourth-order valence-electron chi connectivity index (χ4n) is 0.919. The highest BCUT2D eigenvalue weighted by atomic mass is 35.5. The fourth-order valence-corrected chi connectivity index (χ4v) is 1.02. The summed E-state index contributed by atoms with van der Waals surface area (Å²) < 4.78 is 5.27. The third-order valence-electron chi connectivity index (χ3n) is 1.58. The van der Waals surface area contributed by atoms with Crippen LogP contribution in [0, 0.1) is 0 Å². The molecule has 84 valence electrons. The minimum absolute atomic E-state index is 0.342. The lowest BCUT2D eigenvalue weighted by Gasteiger charge is -2.07. The predicted octanol–water partition coefficient (Wildman–Crippen LogP) is 0.479. The smallest absolute Gasteiger partial charge is 0.233 e. The van der Waals surface area contributed by atoms with Gasteiger partial charge in [-0.2, -0.15) is 0 Å². The maximum Gasteiger partial charge on any atom is 0.233 e. The zero-order chi connectivity index (χ0) is 11.1. The maximum absolute atomic E-state index is 8.96. The predicted molar refractivity (Wildman–Crippen MR) is 57.1 cm³/mol. The molecule has 0 aliphatic rings. The normalized spacial score (nSPS) is 12.5. The molecule has 1 aromatic rings. The molecular weight excluding hydrogens is 218 g/mol. The van der Waals surface area contributed by atoms with Gasteiger partial charge in [0.05, 0.1) is 6.10 Å². The third-order valence-corrected chi connectivity index (χ3v) is 1.78. The Hall–Kier alpha value is -0.910. The number of halogens is 1. The molecule has 0 amide bonds.